The molecule has 1 N–H and O–H groups in total. The maximum absolute atomic E-state index is 3.62. The Kier molecular flexibility index (Phi) is 5.43. The topological polar surface area (TPSA) is 15.3 Å². The van der Waals surface area contributed by atoms with E-state index in [9.17, 15) is 0 Å². The van der Waals surface area contributed by atoms with Crippen LogP contribution in [0.3, 0.4) is 0 Å². The first kappa shape index (κ1) is 15.0. The monoisotopic (exact) mass is 324 g/mol. The zero-order valence-electron chi connectivity index (χ0n) is 12.2. The summed E-state index contributed by atoms with van der Waals surface area (Å²) in [6.45, 7) is 3.18. The van der Waals surface area contributed by atoms with Crippen LogP contribution in [0.1, 0.15) is 36.8 Å². The molecule has 2 rings (SSSR count). The van der Waals surface area contributed by atoms with Gasteiger partial charge in [0.15, 0.2) is 0 Å². The molecule has 106 valence electrons. The lowest BCUT2D eigenvalue weighted by molar-refractivity contribution is 0.170. The van der Waals surface area contributed by atoms with Crippen LogP contribution in [0.5, 0.6) is 0 Å². The molecule has 1 aliphatic rings. The summed E-state index contributed by atoms with van der Waals surface area (Å²) in [6, 6.07) is 8.18. The van der Waals surface area contributed by atoms with Gasteiger partial charge in [0.2, 0.25) is 0 Å². The molecule has 1 fully saturated rings. The molecule has 1 aromatic rings. The van der Waals surface area contributed by atoms with Crippen molar-refractivity contribution in [2.24, 2.45) is 0 Å². The van der Waals surface area contributed by atoms with Crippen molar-refractivity contribution in [3.8, 4) is 0 Å². The summed E-state index contributed by atoms with van der Waals surface area (Å²) in [7, 11) is 4.34. The molecule has 3 heteroatoms. The molecule has 0 unspecified atom stereocenters. The van der Waals surface area contributed by atoms with Crippen LogP contribution < -0.4 is 5.32 Å². The van der Waals surface area contributed by atoms with Crippen molar-refractivity contribution in [2.75, 3.05) is 14.1 Å². The molecule has 1 aliphatic carbocycles. The Labute approximate surface area is 125 Å². The van der Waals surface area contributed by atoms with Crippen molar-refractivity contribution in [3.05, 3.63) is 33.8 Å². The van der Waals surface area contributed by atoms with E-state index in [1.54, 1.807) is 0 Å². The lowest BCUT2D eigenvalue weighted by Gasteiger charge is -2.34. The summed E-state index contributed by atoms with van der Waals surface area (Å²) >= 11 is 3.62. The van der Waals surface area contributed by atoms with E-state index in [1.165, 1.54) is 41.3 Å². The summed E-state index contributed by atoms with van der Waals surface area (Å²) in [5.74, 6) is 0. The molecule has 2 nitrogen and oxygen atoms in total. The highest BCUT2D eigenvalue weighted by Gasteiger charge is 2.22. The van der Waals surface area contributed by atoms with Gasteiger partial charge < -0.3 is 5.32 Å². The van der Waals surface area contributed by atoms with E-state index in [4.69, 9.17) is 0 Å². The zero-order valence-corrected chi connectivity index (χ0v) is 13.8. The fourth-order valence-corrected chi connectivity index (χ4v) is 3.38. The van der Waals surface area contributed by atoms with Gasteiger partial charge in [-0.25, -0.2) is 0 Å². The first-order valence-corrected chi connectivity index (χ1v) is 8.02. The summed E-state index contributed by atoms with van der Waals surface area (Å²) in [6.07, 6.45) is 5.25. The van der Waals surface area contributed by atoms with Crippen LogP contribution in [0.2, 0.25) is 0 Å². The average Bonchev–Trinajstić information content (AvgIpc) is 2.43. The smallest absolute Gasteiger partial charge is 0.0234 e. The molecule has 0 aliphatic heterocycles. The predicted molar refractivity (Wildman–Crippen MR) is 85.4 cm³/mol. The Hall–Kier alpha value is -0.380. The van der Waals surface area contributed by atoms with E-state index in [0.29, 0.717) is 0 Å². The Morgan fingerprint density at radius 2 is 1.95 bits per heavy atom. The average molecular weight is 325 g/mol. The van der Waals surface area contributed by atoms with Gasteiger partial charge in [0.1, 0.15) is 0 Å². The van der Waals surface area contributed by atoms with Crippen LogP contribution in [0.15, 0.2) is 22.7 Å². The van der Waals surface area contributed by atoms with E-state index in [2.05, 4.69) is 65.4 Å². The lowest BCUT2D eigenvalue weighted by Crippen LogP contribution is -2.39. The number of nitrogens with zero attached hydrogens (tertiary/aromatic N) is 1. The molecule has 0 aromatic heterocycles. The Morgan fingerprint density at radius 1 is 1.26 bits per heavy atom. The second kappa shape index (κ2) is 6.87. The van der Waals surface area contributed by atoms with Gasteiger partial charge in [-0.15, -0.1) is 0 Å². The molecule has 1 aromatic carbocycles. The van der Waals surface area contributed by atoms with Crippen LogP contribution in [-0.2, 0) is 6.54 Å². The SMILES string of the molecule is CNC1CCC(N(C)Cc2ccc(C)c(Br)c2)CC1. The molecular weight excluding hydrogens is 300 g/mol. The van der Waals surface area contributed by atoms with Crippen molar-refractivity contribution in [2.45, 2.75) is 51.2 Å². The van der Waals surface area contributed by atoms with Crippen LogP contribution >= 0.6 is 15.9 Å². The van der Waals surface area contributed by atoms with Crippen molar-refractivity contribution in [1.82, 2.24) is 10.2 Å². The van der Waals surface area contributed by atoms with Crippen LogP contribution in [0.4, 0.5) is 0 Å². The molecular formula is C16H25BrN2. The van der Waals surface area contributed by atoms with Crippen LogP contribution in [-0.4, -0.2) is 31.1 Å². The Balaban J connectivity index is 1.90. The number of benzene rings is 1. The molecule has 0 bridgehead atoms. The molecule has 0 radical (unpaired) electrons. The molecule has 1 saturated carbocycles. The standard InChI is InChI=1S/C16H25BrN2/c1-12-4-5-13(10-16(12)17)11-19(3)15-8-6-14(18-2)7-9-15/h4-5,10,14-15,18H,6-9,11H2,1-3H3. The van der Waals surface area contributed by atoms with Gasteiger partial charge in [-0.3, -0.25) is 4.90 Å². The van der Waals surface area contributed by atoms with Gasteiger partial charge in [-0.05, 0) is 63.9 Å². The van der Waals surface area contributed by atoms with Crippen molar-refractivity contribution < 1.29 is 0 Å². The molecule has 0 spiro atoms. The molecule has 0 saturated heterocycles. The van der Waals surface area contributed by atoms with Crippen molar-refractivity contribution in [1.29, 1.82) is 0 Å². The highest BCUT2D eigenvalue weighted by molar-refractivity contribution is 9.10. The van der Waals surface area contributed by atoms with E-state index in [1.807, 2.05) is 0 Å². The predicted octanol–water partition coefficient (Wildman–Crippen LogP) is 3.72. The fraction of sp³-hybridized carbons (Fsp3) is 0.625. The number of hydrogen-bond acceptors (Lipinski definition) is 2. The van der Waals surface area contributed by atoms with Crippen molar-refractivity contribution in [3.63, 3.8) is 0 Å². The highest BCUT2D eigenvalue weighted by atomic mass is 79.9. The minimum Gasteiger partial charge on any atom is -0.317 e. The van der Waals surface area contributed by atoms with E-state index < -0.39 is 0 Å². The fourth-order valence-electron chi connectivity index (χ4n) is 2.96. The first-order valence-electron chi connectivity index (χ1n) is 7.22. The highest BCUT2D eigenvalue weighted by Crippen LogP contribution is 2.24. The third-order valence-electron chi connectivity index (χ3n) is 4.40. The number of aryl methyl sites for hydroxylation is 1. The zero-order chi connectivity index (χ0) is 13.8. The maximum atomic E-state index is 3.62. The number of rotatable bonds is 4. The Morgan fingerprint density at radius 3 is 2.53 bits per heavy atom. The minimum atomic E-state index is 0.734. The van der Waals surface area contributed by atoms with E-state index >= 15 is 0 Å². The van der Waals surface area contributed by atoms with Crippen LogP contribution in [0.25, 0.3) is 0 Å². The molecule has 0 heterocycles. The lowest BCUT2D eigenvalue weighted by atomic mass is 9.90. The largest absolute Gasteiger partial charge is 0.317 e. The number of hydrogen-bond donors (Lipinski definition) is 1. The summed E-state index contributed by atoms with van der Waals surface area (Å²) < 4.78 is 1.22. The molecule has 0 amide bonds. The quantitative estimate of drug-likeness (QED) is 0.908. The number of halogens is 1. The third kappa shape index (κ3) is 4.04. The third-order valence-corrected chi connectivity index (χ3v) is 5.25. The van der Waals surface area contributed by atoms with E-state index in [-0.39, 0.29) is 0 Å². The van der Waals surface area contributed by atoms with Gasteiger partial charge >= 0.3 is 0 Å². The van der Waals surface area contributed by atoms with Crippen LogP contribution in [0, 0.1) is 6.92 Å². The second-order valence-corrected chi connectivity index (χ2v) is 6.65. The van der Waals surface area contributed by atoms with E-state index in [0.717, 1.165) is 18.6 Å². The summed E-state index contributed by atoms with van der Waals surface area (Å²) in [5.41, 5.74) is 2.71. The second-order valence-electron chi connectivity index (χ2n) is 5.79. The summed E-state index contributed by atoms with van der Waals surface area (Å²) in [4.78, 5) is 2.52. The van der Waals surface area contributed by atoms with Gasteiger partial charge in [-0.2, -0.15) is 0 Å². The molecule has 19 heavy (non-hydrogen) atoms. The van der Waals surface area contributed by atoms with Crippen molar-refractivity contribution >= 4 is 15.9 Å². The molecule has 0 atom stereocenters. The summed E-state index contributed by atoms with van der Waals surface area (Å²) in [5, 5.41) is 3.40. The van der Waals surface area contributed by atoms with Gasteiger partial charge in [0.05, 0.1) is 0 Å². The van der Waals surface area contributed by atoms with Gasteiger partial charge in [0.25, 0.3) is 0 Å². The van der Waals surface area contributed by atoms with Gasteiger partial charge in [-0.1, -0.05) is 28.1 Å². The first-order chi connectivity index (χ1) is 9.10. The maximum Gasteiger partial charge on any atom is 0.0234 e. The van der Waals surface area contributed by atoms with Gasteiger partial charge in [0, 0.05) is 23.1 Å². The normalized spacial score (nSPS) is 23.8. The number of nitrogens with one attached hydrogen (secondary N) is 1. The Bertz CT molecular complexity index is 411. The minimum absolute atomic E-state index is 0.734.